The molecule has 0 saturated carbocycles. The summed E-state index contributed by atoms with van der Waals surface area (Å²) in [5.74, 6) is -2.31. The molecule has 0 saturated heterocycles. The minimum atomic E-state index is -4.87. The fourth-order valence-corrected chi connectivity index (χ4v) is 3.74. The van der Waals surface area contributed by atoms with Crippen molar-refractivity contribution in [3.8, 4) is 5.82 Å². The SMILES string of the molecule is O=C(NO)c1cc2ccccc2c(Cl)c1NC(=O)c1cc(C(F)(F)F)nn1-c1ncccc1Cl. The lowest BCUT2D eigenvalue weighted by atomic mass is 10.0. The van der Waals surface area contributed by atoms with Gasteiger partial charge in [-0.2, -0.15) is 18.3 Å². The summed E-state index contributed by atoms with van der Waals surface area (Å²) >= 11 is 12.5. The summed E-state index contributed by atoms with van der Waals surface area (Å²) in [5.41, 5.74) is -0.943. The van der Waals surface area contributed by atoms with Gasteiger partial charge in [-0.1, -0.05) is 47.5 Å². The molecule has 13 heteroatoms. The molecule has 2 aromatic carbocycles. The van der Waals surface area contributed by atoms with Crippen molar-refractivity contribution in [3.05, 3.63) is 81.7 Å². The number of carbonyl (C=O) groups is 2. The number of rotatable bonds is 4. The second-order valence-electron chi connectivity index (χ2n) is 6.86. The van der Waals surface area contributed by atoms with Crippen LogP contribution in [0.2, 0.25) is 10.0 Å². The second kappa shape index (κ2) is 8.93. The lowest BCUT2D eigenvalue weighted by Crippen LogP contribution is -2.23. The number of benzene rings is 2. The van der Waals surface area contributed by atoms with Gasteiger partial charge in [-0.25, -0.2) is 15.1 Å². The Morgan fingerprint density at radius 3 is 2.44 bits per heavy atom. The van der Waals surface area contributed by atoms with Crippen LogP contribution in [0.3, 0.4) is 0 Å². The summed E-state index contributed by atoms with van der Waals surface area (Å²) in [4.78, 5) is 29.3. The first kappa shape index (κ1) is 23.5. The van der Waals surface area contributed by atoms with Crippen molar-refractivity contribution < 1.29 is 28.0 Å². The topological polar surface area (TPSA) is 109 Å². The van der Waals surface area contributed by atoms with Crippen molar-refractivity contribution in [1.82, 2.24) is 20.2 Å². The van der Waals surface area contributed by atoms with Crippen molar-refractivity contribution in [3.63, 3.8) is 0 Å². The standard InChI is InChI=1S/C21H12Cl2F3N5O3/c22-13-6-3-7-27-18(13)31-14(9-15(29-31)21(24,25)26)20(33)28-17-12(19(32)30-34)8-10-4-1-2-5-11(10)16(17)23/h1-9,34H,(H,28,33)(H,30,32). The van der Waals surface area contributed by atoms with Gasteiger partial charge in [-0.15, -0.1) is 0 Å². The van der Waals surface area contributed by atoms with E-state index in [-0.39, 0.29) is 27.1 Å². The molecule has 0 bridgehead atoms. The third-order valence-corrected chi connectivity index (χ3v) is 5.43. The predicted molar refractivity (Wildman–Crippen MR) is 118 cm³/mol. The highest BCUT2D eigenvalue weighted by Crippen LogP contribution is 2.36. The van der Waals surface area contributed by atoms with E-state index in [0.717, 1.165) is 0 Å². The first-order valence-electron chi connectivity index (χ1n) is 9.37. The third kappa shape index (κ3) is 4.28. The first-order chi connectivity index (χ1) is 16.1. The lowest BCUT2D eigenvalue weighted by molar-refractivity contribution is -0.141. The molecule has 8 nitrogen and oxygen atoms in total. The zero-order valence-corrected chi connectivity index (χ0v) is 18.2. The highest BCUT2D eigenvalue weighted by Gasteiger charge is 2.37. The second-order valence-corrected chi connectivity index (χ2v) is 7.65. The molecule has 0 spiro atoms. The van der Waals surface area contributed by atoms with Crippen LogP contribution in [0.15, 0.2) is 54.7 Å². The van der Waals surface area contributed by atoms with E-state index in [0.29, 0.717) is 21.5 Å². The zero-order chi connectivity index (χ0) is 24.6. The number of hydrogen-bond donors (Lipinski definition) is 3. The Labute approximate surface area is 198 Å². The highest BCUT2D eigenvalue weighted by molar-refractivity contribution is 6.40. The predicted octanol–water partition coefficient (Wildman–Crippen LogP) is 5.12. The number of carbonyl (C=O) groups excluding carboxylic acids is 2. The van der Waals surface area contributed by atoms with Crippen LogP contribution in [0, 0.1) is 0 Å². The number of amides is 2. The maximum Gasteiger partial charge on any atom is 0.435 e. The van der Waals surface area contributed by atoms with Gasteiger partial charge < -0.3 is 5.32 Å². The minimum Gasteiger partial charge on any atom is -0.319 e. The van der Waals surface area contributed by atoms with Crippen LogP contribution in [-0.4, -0.2) is 31.8 Å². The molecule has 34 heavy (non-hydrogen) atoms. The number of hydrogen-bond acceptors (Lipinski definition) is 5. The van der Waals surface area contributed by atoms with Crippen LogP contribution in [0.1, 0.15) is 26.5 Å². The number of fused-ring (bicyclic) bond motifs is 1. The van der Waals surface area contributed by atoms with Gasteiger partial charge in [0.15, 0.2) is 11.5 Å². The van der Waals surface area contributed by atoms with Crippen LogP contribution in [0.25, 0.3) is 16.6 Å². The van der Waals surface area contributed by atoms with E-state index in [2.05, 4.69) is 15.4 Å². The Balaban J connectivity index is 1.87. The molecule has 174 valence electrons. The minimum absolute atomic E-state index is 0.0579. The van der Waals surface area contributed by atoms with E-state index < -0.39 is 29.4 Å². The molecule has 4 aromatic rings. The molecular weight excluding hydrogens is 498 g/mol. The molecular formula is C21H12Cl2F3N5O3. The lowest BCUT2D eigenvalue weighted by Gasteiger charge is -2.15. The molecule has 0 fully saturated rings. The van der Waals surface area contributed by atoms with Crippen LogP contribution < -0.4 is 10.8 Å². The van der Waals surface area contributed by atoms with Crippen molar-refractivity contribution in [2.45, 2.75) is 6.18 Å². The van der Waals surface area contributed by atoms with E-state index >= 15 is 0 Å². The number of anilines is 1. The molecule has 2 heterocycles. The fourth-order valence-electron chi connectivity index (χ4n) is 3.22. The van der Waals surface area contributed by atoms with Gasteiger partial charge in [0.1, 0.15) is 5.69 Å². The third-order valence-electron chi connectivity index (χ3n) is 4.74. The monoisotopic (exact) mass is 509 g/mol. The highest BCUT2D eigenvalue weighted by atomic mass is 35.5. The Morgan fingerprint density at radius 2 is 1.76 bits per heavy atom. The van der Waals surface area contributed by atoms with E-state index in [1.165, 1.54) is 29.9 Å². The number of alkyl halides is 3. The average molecular weight is 510 g/mol. The number of halogens is 5. The molecule has 4 rings (SSSR count). The quantitative estimate of drug-likeness (QED) is 0.261. The van der Waals surface area contributed by atoms with Crippen molar-refractivity contribution in [1.29, 1.82) is 0 Å². The Kier molecular flexibility index (Phi) is 6.17. The number of nitrogens with one attached hydrogen (secondary N) is 2. The van der Waals surface area contributed by atoms with E-state index in [1.807, 2.05) is 0 Å². The van der Waals surface area contributed by atoms with Crippen molar-refractivity contribution in [2.24, 2.45) is 0 Å². The molecule has 0 unspecified atom stereocenters. The van der Waals surface area contributed by atoms with Gasteiger partial charge in [0, 0.05) is 17.6 Å². The van der Waals surface area contributed by atoms with Gasteiger partial charge in [0.2, 0.25) is 0 Å². The number of aromatic nitrogens is 3. The maximum absolute atomic E-state index is 13.4. The molecule has 0 aliphatic carbocycles. The molecule has 2 amide bonds. The van der Waals surface area contributed by atoms with Gasteiger partial charge in [-0.3, -0.25) is 14.8 Å². The fraction of sp³-hybridized carbons (Fsp3) is 0.0476. The molecule has 0 aliphatic rings. The smallest absolute Gasteiger partial charge is 0.319 e. The van der Waals surface area contributed by atoms with Crippen LogP contribution in [0.4, 0.5) is 18.9 Å². The summed E-state index contributed by atoms with van der Waals surface area (Å²) in [6.07, 6.45) is -3.61. The summed E-state index contributed by atoms with van der Waals surface area (Å²) in [6.45, 7) is 0. The normalized spacial score (nSPS) is 11.5. The Hall–Kier alpha value is -3.67. The Morgan fingerprint density at radius 1 is 1.03 bits per heavy atom. The first-order valence-corrected chi connectivity index (χ1v) is 10.1. The summed E-state index contributed by atoms with van der Waals surface area (Å²) < 4.78 is 40.8. The van der Waals surface area contributed by atoms with Gasteiger partial charge in [0.25, 0.3) is 11.8 Å². The average Bonchev–Trinajstić information content (AvgIpc) is 3.26. The molecule has 3 N–H and O–H groups in total. The number of hydroxylamine groups is 1. The van der Waals surface area contributed by atoms with Crippen LogP contribution >= 0.6 is 23.2 Å². The molecule has 0 aliphatic heterocycles. The van der Waals surface area contributed by atoms with E-state index in [1.54, 1.807) is 24.3 Å². The molecule has 0 atom stereocenters. The Bertz CT molecular complexity index is 1440. The van der Waals surface area contributed by atoms with Gasteiger partial charge in [0.05, 0.1) is 21.3 Å². The number of nitrogens with zero attached hydrogens (tertiary/aromatic N) is 3. The summed E-state index contributed by atoms with van der Waals surface area (Å²) in [7, 11) is 0. The summed E-state index contributed by atoms with van der Waals surface area (Å²) in [5, 5.41) is 15.8. The molecule has 2 aromatic heterocycles. The van der Waals surface area contributed by atoms with E-state index in [4.69, 9.17) is 28.4 Å². The van der Waals surface area contributed by atoms with Crippen LogP contribution in [0.5, 0.6) is 0 Å². The number of pyridine rings is 1. The van der Waals surface area contributed by atoms with Gasteiger partial charge >= 0.3 is 6.18 Å². The van der Waals surface area contributed by atoms with Crippen molar-refractivity contribution >= 4 is 51.5 Å². The zero-order valence-electron chi connectivity index (χ0n) is 16.7. The summed E-state index contributed by atoms with van der Waals surface area (Å²) in [6, 6.07) is 11.3. The van der Waals surface area contributed by atoms with Gasteiger partial charge in [-0.05, 0) is 23.6 Å². The maximum atomic E-state index is 13.4. The van der Waals surface area contributed by atoms with E-state index in [9.17, 15) is 22.8 Å². The van der Waals surface area contributed by atoms with Crippen LogP contribution in [-0.2, 0) is 6.18 Å². The molecule has 0 radical (unpaired) electrons. The van der Waals surface area contributed by atoms with Crippen molar-refractivity contribution in [2.75, 3.05) is 5.32 Å². The largest absolute Gasteiger partial charge is 0.435 e.